The summed E-state index contributed by atoms with van der Waals surface area (Å²) in [5.74, 6) is -1.04. The molecule has 0 aromatic heterocycles. The predicted molar refractivity (Wildman–Crippen MR) is 103 cm³/mol. The first-order valence-corrected chi connectivity index (χ1v) is 9.74. The number of carboxylic acids is 1. The Morgan fingerprint density at radius 3 is 2.42 bits per heavy atom. The van der Waals surface area contributed by atoms with Crippen molar-refractivity contribution in [1.29, 1.82) is 0 Å². The number of hydrogen-bond acceptors (Lipinski definition) is 4. The highest BCUT2D eigenvalue weighted by molar-refractivity contribution is 6.02. The lowest BCUT2D eigenvalue weighted by Gasteiger charge is -2.35. The Labute approximate surface area is 155 Å². The van der Waals surface area contributed by atoms with Crippen molar-refractivity contribution in [1.82, 2.24) is 4.90 Å². The molecule has 2 fully saturated rings. The Bertz CT molecular complexity index is 648. The fraction of sp³-hybridized carbons (Fsp3) is 0.600. The number of benzene rings is 1. The van der Waals surface area contributed by atoms with Crippen molar-refractivity contribution in [3.8, 4) is 0 Å². The zero-order valence-corrected chi connectivity index (χ0v) is 15.5. The topological polar surface area (TPSA) is 72.9 Å². The summed E-state index contributed by atoms with van der Waals surface area (Å²) < 4.78 is 0. The van der Waals surface area contributed by atoms with Crippen LogP contribution in [0.1, 0.15) is 49.4 Å². The van der Waals surface area contributed by atoms with Gasteiger partial charge in [-0.25, -0.2) is 4.79 Å². The summed E-state index contributed by atoms with van der Waals surface area (Å²) in [6, 6.07) is 5.36. The quantitative estimate of drug-likeness (QED) is 0.845. The molecule has 1 saturated heterocycles. The molecule has 1 aliphatic carbocycles. The highest BCUT2D eigenvalue weighted by Crippen LogP contribution is 2.28. The third-order valence-electron chi connectivity index (χ3n) is 5.65. The van der Waals surface area contributed by atoms with E-state index in [-0.39, 0.29) is 17.4 Å². The summed E-state index contributed by atoms with van der Waals surface area (Å²) in [5, 5.41) is 12.5. The van der Waals surface area contributed by atoms with Gasteiger partial charge in [0, 0.05) is 37.8 Å². The van der Waals surface area contributed by atoms with Gasteiger partial charge in [0.25, 0.3) is 0 Å². The van der Waals surface area contributed by atoms with Crippen LogP contribution in [0, 0.1) is 5.92 Å². The minimum absolute atomic E-state index is 0.00666. The van der Waals surface area contributed by atoms with E-state index < -0.39 is 5.97 Å². The number of rotatable bonds is 5. The maximum Gasteiger partial charge on any atom is 0.337 e. The molecule has 2 aliphatic rings. The lowest BCUT2D eigenvalue weighted by molar-refractivity contribution is -0.120. The van der Waals surface area contributed by atoms with Crippen molar-refractivity contribution in [3.63, 3.8) is 0 Å². The van der Waals surface area contributed by atoms with Gasteiger partial charge in [0.1, 0.15) is 0 Å². The number of hydrogen-bond donors (Lipinski definition) is 2. The largest absolute Gasteiger partial charge is 0.478 e. The van der Waals surface area contributed by atoms with Gasteiger partial charge in [0.05, 0.1) is 11.3 Å². The molecule has 2 N–H and O–H groups in total. The molecule has 1 amide bonds. The van der Waals surface area contributed by atoms with Crippen LogP contribution in [0.2, 0.25) is 0 Å². The van der Waals surface area contributed by atoms with E-state index in [1.807, 2.05) is 6.07 Å². The van der Waals surface area contributed by atoms with Crippen molar-refractivity contribution in [2.24, 2.45) is 5.92 Å². The van der Waals surface area contributed by atoms with Crippen LogP contribution in [0.5, 0.6) is 0 Å². The number of aromatic carboxylic acids is 1. The Balaban J connectivity index is 1.72. The zero-order chi connectivity index (χ0) is 18.5. The average molecular weight is 359 g/mol. The van der Waals surface area contributed by atoms with Crippen LogP contribution in [0.15, 0.2) is 18.2 Å². The molecule has 3 rings (SSSR count). The third-order valence-corrected chi connectivity index (χ3v) is 5.65. The minimum Gasteiger partial charge on any atom is -0.478 e. The monoisotopic (exact) mass is 359 g/mol. The molecule has 142 valence electrons. The molecule has 6 heteroatoms. The molecule has 1 aromatic rings. The predicted octanol–water partition coefficient (Wildman–Crippen LogP) is 3.05. The van der Waals surface area contributed by atoms with Crippen LogP contribution in [0.25, 0.3) is 0 Å². The number of likely N-dealkylation sites (N-methyl/N-ethyl adjacent to an activating group) is 1. The molecular weight excluding hydrogens is 330 g/mol. The molecule has 0 atom stereocenters. The fourth-order valence-corrected chi connectivity index (χ4v) is 3.94. The molecule has 0 spiro atoms. The Hall–Kier alpha value is -2.08. The minimum atomic E-state index is -1.00. The normalized spacial score (nSPS) is 19.3. The van der Waals surface area contributed by atoms with E-state index in [1.165, 1.54) is 6.42 Å². The summed E-state index contributed by atoms with van der Waals surface area (Å²) in [6.45, 7) is 6.95. The first kappa shape index (κ1) is 18.7. The summed E-state index contributed by atoms with van der Waals surface area (Å²) in [5.41, 5.74) is 1.49. The second kappa shape index (κ2) is 8.54. The van der Waals surface area contributed by atoms with Crippen LogP contribution in [-0.2, 0) is 4.79 Å². The van der Waals surface area contributed by atoms with E-state index in [0.29, 0.717) is 5.69 Å². The smallest absolute Gasteiger partial charge is 0.337 e. The van der Waals surface area contributed by atoms with Crippen molar-refractivity contribution in [3.05, 3.63) is 23.8 Å². The number of nitrogens with zero attached hydrogens (tertiary/aromatic N) is 2. The molecule has 0 unspecified atom stereocenters. The van der Waals surface area contributed by atoms with Crippen molar-refractivity contribution < 1.29 is 14.7 Å². The molecule has 6 nitrogen and oxygen atoms in total. The SMILES string of the molecule is CCN1CCN(c2ccc(NC(=O)C3CCCCC3)c(C(=O)O)c2)CC1. The fourth-order valence-electron chi connectivity index (χ4n) is 3.94. The highest BCUT2D eigenvalue weighted by atomic mass is 16.4. The van der Waals surface area contributed by atoms with E-state index in [4.69, 9.17) is 0 Å². The number of piperazine rings is 1. The van der Waals surface area contributed by atoms with Gasteiger partial charge in [-0.1, -0.05) is 26.2 Å². The molecule has 1 aliphatic heterocycles. The number of anilines is 2. The molecule has 0 radical (unpaired) electrons. The summed E-state index contributed by atoms with van der Waals surface area (Å²) >= 11 is 0. The van der Waals surface area contributed by atoms with E-state index >= 15 is 0 Å². The number of nitrogens with one attached hydrogen (secondary N) is 1. The van der Waals surface area contributed by atoms with Gasteiger partial charge in [-0.3, -0.25) is 4.79 Å². The summed E-state index contributed by atoms with van der Waals surface area (Å²) in [7, 11) is 0. The Morgan fingerprint density at radius 1 is 1.12 bits per heavy atom. The van der Waals surface area contributed by atoms with Crippen LogP contribution in [0.4, 0.5) is 11.4 Å². The van der Waals surface area contributed by atoms with E-state index in [1.54, 1.807) is 12.1 Å². The summed E-state index contributed by atoms with van der Waals surface area (Å²) in [6.07, 6.45) is 5.13. The number of carbonyl (C=O) groups excluding carboxylic acids is 1. The maximum atomic E-state index is 12.5. The molecule has 1 saturated carbocycles. The van der Waals surface area contributed by atoms with Crippen LogP contribution in [0.3, 0.4) is 0 Å². The van der Waals surface area contributed by atoms with E-state index in [9.17, 15) is 14.7 Å². The average Bonchev–Trinajstić information content (AvgIpc) is 2.69. The number of carbonyl (C=O) groups is 2. The van der Waals surface area contributed by atoms with Crippen molar-refractivity contribution in [2.75, 3.05) is 42.9 Å². The summed E-state index contributed by atoms with van der Waals surface area (Å²) in [4.78, 5) is 28.8. The molecule has 26 heavy (non-hydrogen) atoms. The molecule has 1 aromatic carbocycles. The molecular formula is C20H29N3O3. The van der Waals surface area contributed by atoms with Crippen molar-refractivity contribution >= 4 is 23.3 Å². The second-order valence-corrected chi connectivity index (χ2v) is 7.28. The van der Waals surface area contributed by atoms with Gasteiger partial charge >= 0.3 is 5.97 Å². The first-order chi connectivity index (χ1) is 12.6. The Morgan fingerprint density at radius 2 is 1.81 bits per heavy atom. The number of amides is 1. The van der Waals surface area contributed by atoms with Gasteiger partial charge in [-0.15, -0.1) is 0 Å². The lowest BCUT2D eigenvalue weighted by atomic mass is 9.88. The maximum absolute atomic E-state index is 12.5. The first-order valence-electron chi connectivity index (χ1n) is 9.74. The Kier molecular flexibility index (Phi) is 6.14. The molecule has 1 heterocycles. The highest BCUT2D eigenvalue weighted by Gasteiger charge is 2.24. The standard InChI is InChI=1S/C20H29N3O3/c1-2-22-10-12-23(13-11-22)16-8-9-18(17(14-16)20(25)26)21-19(24)15-6-4-3-5-7-15/h8-9,14-15H,2-7,10-13H2,1H3,(H,21,24)(H,25,26). The second-order valence-electron chi connectivity index (χ2n) is 7.28. The lowest BCUT2D eigenvalue weighted by Crippen LogP contribution is -2.46. The van der Waals surface area contributed by atoms with E-state index in [0.717, 1.165) is 64.1 Å². The molecule has 0 bridgehead atoms. The van der Waals surface area contributed by atoms with Crippen LogP contribution < -0.4 is 10.2 Å². The van der Waals surface area contributed by atoms with Gasteiger partial charge < -0.3 is 20.2 Å². The van der Waals surface area contributed by atoms with Gasteiger partial charge in [0.2, 0.25) is 5.91 Å². The van der Waals surface area contributed by atoms with Crippen LogP contribution in [-0.4, -0.2) is 54.6 Å². The third kappa shape index (κ3) is 4.36. The number of carboxylic acid groups (broad SMARTS) is 1. The van der Waals surface area contributed by atoms with E-state index in [2.05, 4.69) is 22.0 Å². The van der Waals surface area contributed by atoms with Crippen molar-refractivity contribution in [2.45, 2.75) is 39.0 Å². The van der Waals surface area contributed by atoms with Crippen LogP contribution >= 0.6 is 0 Å². The van der Waals surface area contributed by atoms with Gasteiger partial charge in [-0.2, -0.15) is 0 Å². The van der Waals surface area contributed by atoms with Gasteiger partial charge in [0.15, 0.2) is 0 Å². The zero-order valence-electron chi connectivity index (χ0n) is 15.5. The van der Waals surface area contributed by atoms with Gasteiger partial charge in [-0.05, 0) is 37.6 Å².